The Morgan fingerprint density at radius 2 is 1.86 bits per heavy atom. The molecule has 0 saturated heterocycles. The van der Waals surface area contributed by atoms with E-state index in [1.807, 2.05) is 19.9 Å². The zero-order valence-electron chi connectivity index (χ0n) is 20.6. The maximum Gasteiger partial charge on any atom is 0.405 e. The molecular weight excluding hydrogens is 452 g/mol. The normalized spacial score (nSPS) is 31.2. The second kappa shape index (κ2) is 13.0. The molecular formula is C26H34N2O7. The first-order chi connectivity index (χ1) is 16.5. The number of aliphatic hydroxyl groups excluding tert-OH is 1. The fourth-order valence-corrected chi connectivity index (χ4v) is 3.97. The third-order valence-corrected chi connectivity index (χ3v) is 6.04. The monoisotopic (exact) mass is 486 g/mol. The van der Waals surface area contributed by atoms with Crippen LogP contribution < -0.4 is 11.1 Å². The van der Waals surface area contributed by atoms with Crippen molar-refractivity contribution in [2.75, 3.05) is 7.11 Å². The Kier molecular flexibility index (Phi) is 10.4. The van der Waals surface area contributed by atoms with Crippen LogP contribution in [0.4, 0.5) is 4.79 Å². The molecule has 190 valence electrons. The van der Waals surface area contributed by atoms with Gasteiger partial charge in [0.15, 0.2) is 5.78 Å². The largest absolute Gasteiger partial charge is 0.441 e. The zero-order chi connectivity index (χ0) is 26.1. The van der Waals surface area contributed by atoms with Crippen molar-refractivity contribution in [2.45, 2.75) is 64.8 Å². The molecule has 9 nitrogen and oxygen atoms in total. The highest BCUT2D eigenvalue weighted by Crippen LogP contribution is 2.23. The lowest BCUT2D eigenvalue weighted by Crippen LogP contribution is -2.34. The number of carbonyl (C=O) groups is 4. The first kappa shape index (κ1) is 27.9. The van der Waals surface area contributed by atoms with Gasteiger partial charge in [0.05, 0.1) is 17.9 Å². The Balaban J connectivity index is 2.38. The van der Waals surface area contributed by atoms with E-state index in [9.17, 15) is 24.3 Å². The number of carbonyl (C=O) groups excluding carboxylic acids is 4. The summed E-state index contributed by atoms with van der Waals surface area (Å²) in [5, 5.41) is 13.1. The van der Waals surface area contributed by atoms with Gasteiger partial charge >= 0.3 is 6.09 Å². The van der Waals surface area contributed by atoms with Crippen LogP contribution in [0.15, 0.2) is 58.9 Å². The lowest BCUT2D eigenvalue weighted by molar-refractivity contribution is -0.120. The molecule has 0 aromatic heterocycles. The summed E-state index contributed by atoms with van der Waals surface area (Å²) < 4.78 is 10.8. The van der Waals surface area contributed by atoms with Crippen LogP contribution in [0.1, 0.15) is 46.5 Å². The topological polar surface area (TPSA) is 145 Å². The molecule has 2 aliphatic rings. The third-order valence-electron chi connectivity index (χ3n) is 6.04. The number of aliphatic hydroxyl groups is 1. The number of fused-ring (bicyclic) bond motifs is 2. The highest BCUT2D eigenvalue weighted by atomic mass is 16.6. The van der Waals surface area contributed by atoms with E-state index in [2.05, 4.69) is 5.32 Å². The molecule has 1 aliphatic heterocycles. The predicted octanol–water partition coefficient (Wildman–Crippen LogP) is 2.56. The number of hydrogen-bond acceptors (Lipinski definition) is 7. The number of primary amides is 1. The number of allylic oxidation sites excluding steroid dienone is 6. The number of Topliss-reactive ketones (excluding diaryl/α,β-unsaturated/α-hetero) is 1. The van der Waals surface area contributed by atoms with Gasteiger partial charge in [-0.1, -0.05) is 31.2 Å². The smallest absolute Gasteiger partial charge is 0.405 e. The molecule has 2 amide bonds. The van der Waals surface area contributed by atoms with Crippen LogP contribution in [-0.2, 0) is 23.9 Å². The fraction of sp³-hybridized carbons (Fsp3) is 0.462. The van der Waals surface area contributed by atoms with Crippen molar-refractivity contribution in [3.05, 3.63) is 58.9 Å². The van der Waals surface area contributed by atoms with Crippen LogP contribution >= 0.6 is 0 Å². The molecule has 4 N–H and O–H groups in total. The lowest BCUT2D eigenvalue weighted by Gasteiger charge is -2.22. The average molecular weight is 487 g/mol. The van der Waals surface area contributed by atoms with Crippen molar-refractivity contribution in [3.63, 3.8) is 0 Å². The molecule has 2 bridgehead atoms. The third kappa shape index (κ3) is 8.15. The molecule has 0 aromatic carbocycles. The zero-order valence-corrected chi connectivity index (χ0v) is 20.6. The SMILES string of the molecule is CO[C@@H]1CC/C=C(\C)[C@H](OC(N)=O)[C@@H](C)/C=C\C=C(/C)C(=O)NC2=CC(=O)C=C(C2=O)[C@H](O)CC1. The van der Waals surface area contributed by atoms with E-state index in [1.165, 1.54) is 0 Å². The van der Waals surface area contributed by atoms with Crippen molar-refractivity contribution >= 4 is 23.6 Å². The van der Waals surface area contributed by atoms with Gasteiger partial charge in [0.25, 0.3) is 5.91 Å². The van der Waals surface area contributed by atoms with Crippen LogP contribution in [0.25, 0.3) is 0 Å². The molecule has 2 rings (SSSR count). The van der Waals surface area contributed by atoms with Crippen molar-refractivity contribution in [3.8, 4) is 0 Å². The molecule has 4 atom stereocenters. The number of amides is 2. The van der Waals surface area contributed by atoms with Gasteiger partial charge in [0.1, 0.15) is 6.10 Å². The van der Waals surface area contributed by atoms with Crippen molar-refractivity contribution in [2.24, 2.45) is 11.7 Å². The summed E-state index contributed by atoms with van der Waals surface area (Å²) in [5.41, 5.74) is 6.14. The molecule has 0 spiro atoms. The van der Waals surface area contributed by atoms with E-state index in [4.69, 9.17) is 15.2 Å². The minimum Gasteiger partial charge on any atom is -0.441 e. The minimum absolute atomic E-state index is 0.0573. The Hall–Kier alpha value is -3.30. The van der Waals surface area contributed by atoms with Gasteiger partial charge in [-0.05, 0) is 51.2 Å². The van der Waals surface area contributed by atoms with E-state index in [1.54, 1.807) is 32.3 Å². The summed E-state index contributed by atoms with van der Waals surface area (Å²) in [4.78, 5) is 49.0. The van der Waals surface area contributed by atoms with Gasteiger partial charge in [0, 0.05) is 30.2 Å². The summed E-state index contributed by atoms with van der Waals surface area (Å²) >= 11 is 0. The molecule has 0 unspecified atom stereocenters. The molecule has 0 fully saturated rings. The van der Waals surface area contributed by atoms with E-state index in [-0.39, 0.29) is 35.3 Å². The van der Waals surface area contributed by atoms with Crippen molar-refractivity contribution in [1.82, 2.24) is 5.32 Å². The first-order valence-electron chi connectivity index (χ1n) is 11.6. The molecule has 9 heteroatoms. The Bertz CT molecular complexity index is 1000. The second-order valence-corrected chi connectivity index (χ2v) is 8.77. The number of ketones is 2. The minimum atomic E-state index is -1.18. The molecule has 0 saturated carbocycles. The van der Waals surface area contributed by atoms with Crippen LogP contribution in [-0.4, -0.2) is 54.1 Å². The summed E-state index contributed by atoms with van der Waals surface area (Å²) in [6.07, 6.45) is 8.10. The summed E-state index contributed by atoms with van der Waals surface area (Å²) in [7, 11) is 1.56. The molecule has 0 aromatic rings. The van der Waals surface area contributed by atoms with E-state index >= 15 is 0 Å². The Morgan fingerprint density at radius 3 is 2.51 bits per heavy atom. The second-order valence-electron chi connectivity index (χ2n) is 8.77. The van der Waals surface area contributed by atoms with Gasteiger partial charge in [0.2, 0.25) is 5.78 Å². The number of nitrogens with one attached hydrogen (secondary N) is 1. The summed E-state index contributed by atoms with van der Waals surface area (Å²) in [6.45, 7) is 5.27. The van der Waals surface area contributed by atoms with Gasteiger partial charge in [-0.2, -0.15) is 0 Å². The maximum absolute atomic E-state index is 12.8. The number of hydrogen-bond donors (Lipinski definition) is 3. The Labute approximate surface area is 205 Å². The lowest BCUT2D eigenvalue weighted by atomic mass is 9.92. The molecule has 1 aliphatic carbocycles. The molecule has 1 heterocycles. The fourth-order valence-electron chi connectivity index (χ4n) is 3.97. The van der Waals surface area contributed by atoms with E-state index in [0.29, 0.717) is 19.3 Å². The number of nitrogens with two attached hydrogens (primary N) is 1. The van der Waals surface area contributed by atoms with Crippen LogP contribution in [0, 0.1) is 5.92 Å². The quantitative estimate of drug-likeness (QED) is 0.402. The van der Waals surface area contributed by atoms with Crippen molar-refractivity contribution in [1.29, 1.82) is 0 Å². The van der Waals surface area contributed by atoms with Crippen LogP contribution in [0.2, 0.25) is 0 Å². The van der Waals surface area contributed by atoms with Crippen LogP contribution in [0.5, 0.6) is 0 Å². The number of rotatable bonds is 2. The average Bonchev–Trinajstić information content (AvgIpc) is 2.80. The van der Waals surface area contributed by atoms with E-state index in [0.717, 1.165) is 17.7 Å². The number of ether oxygens (including phenoxy) is 2. The highest BCUT2D eigenvalue weighted by molar-refractivity contribution is 6.22. The molecule has 0 radical (unpaired) electrons. The predicted molar refractivity (Wildman–Crippen MR) is 130 cm³/mol. The maximum atomic E-state index is 12.8. The van der Waals surface area contributed by atoms with Gasteiger partial charge in [-0.25, -0.2) is 4.79 Å². The summed E-state index contributed by atoms with van der Waals surface area (Å²) in [5.74, 6) is -1.89. The van der Waals surface area contributed by atoms with Crippen LogP contribution in [0.3, 0.4) is 0 Å². The van der Waals surface area contributed by atoms with Gasteiger partial charge < -0.3 is 25.6 Å². The standard InChI is InChI=1S/C26H34N2O7/c1-15-7-5-9-17(3)25(32)28-21-14-18(29)13-20(23(21)31)22(30)12-11-19(34-4)10-6-8-16(2)24(15)35-26(27)33/h5,7-9,13-15,19,22,24,30H,6,10-12H2,1-4H3,(H2,27,33)(H,28,32)/b7-5-,16-8+,17-9+/t15-,19+,22+,24+/m0/s1. The summed E-state index contributed by atoms with van der Waals surface area (Å²) in [6, 6.07) is 0. The van der Waals surface area contributed by atoms with E-state index < -0.39 is 35.8 Å². The highest BCUT2D eigenvalue weighted by Gasteiger charge is 2.29. The van der Waals surface area contributed by atoms with Gasteiger partial charge in [-0.3, -0.25) is 14.4 Å². The van der Waals surface area contributed by atoms with Crippen molar-refractivity contribution < 1.29 is 33.8 Å². The molecule has 35 heavy (non-hydrogen) atoms. The Morgan fingerprint density at radius 1 is 1.14 bits per heavy atom. The first-order valence-corrected chi connectivity index (χ1v) is 11.6. The van der Waals surface area contributed by atoms with Gasteiger partial charge in [-0.15, -0.1) is 0 Å². The number of methoxy groups -OCH3 is 1.